The van der Waals surface area contributed by atoms with Gasteiger partial charge in [0.2, 0.25) is 5.78 Å². The first-order chi connectivity index (χ1) is 10.7. The zero-order valence-corrected chi connectivity index (χ0v) is 11.5. The van der Waals surface area contributed by atoms with Gasteiger partial charge >= 0.3 is 0 Å². The highest BCUT2D eigenvalue weighted by molar-refractivity contribution is 6.13. The average molecular weight is 289 g/mol. The Balaban J connectivity index is 2.04. The molecule has 0 radical (unpaired) electrons. The van der Waals surface area contributed by atoms with E-state index >= 15 is 0 Å². The molecule has 0 unspecified atom stereocenters. The van der Waals surface area contributed by atoms with Crippen molar-refractivity contribution in [2.45, 2.75) is 0 Å². The van der Waals surface area contributed by atoms with E-state index in [1.807, 2.05) is 6.07 Å². The number of Topliss-reactive ketones (excluding diaryl/α,β-unsaturated/α-hetero) is 1. The number of rotatable bonds is 2. The van der Waals surface area contributed by atoms with Crippen molar-refractivity contribution in [2.24, 2.45) is 0 Å². The van der Waals surface area contributed by atoms with Crippen molar-refractivity contribution in [3.8, 4) is 6.07 Å². The van der Waals surface area contributed by atoms with Crippen LogP contribution in [0.1, 0.15) is 20.7 Å². The van der Waals surface area contributed by atoms with E-state index in [0.717, 1.165) is 0 Å². The first kappa shape index (κ1) is 13.6. The molecule has 1 aliphatic rings. The van der Waals surface area contributed by atoms with Crippen LogP contribution in [-0.4, -0.2) is 11.7 Å². The van der Waals surface area contributed by atoms with E-state index in [-0.39, 0.29) is 17.3 Å². The summed E-state index contributed by atoms with van der Waals surface area (Å²) in [6.45, 7) is 0. The number of ketones is 1. The summed E-state index contributed by atoms with van der Waals surface area (Å²) >= 11 is 0. The van der Waals surface area contributed by atoms with E-state index in [4.69, 9.17) is 0 Å². The lowest BCUT2D eigenvalue weighted by Crippen LogP contribution is -2.34. The van der Waals surface area contributed by atoms with Crippen molar-refractivity contribution >= 4 is 17.4 Å². The molecule has 22 heavy (non-hydrogen) atoms. The largest absolute Gasteiger partial charge is 0.340 e. The molecule has 0 fully saturated rings. The normalized spacial score (nSPS) is 15.0. The van der Waals surface area contributed by atoms with Crippen LogP contribution in [0.3, 0.4) is 0 Å². The maximum Gasteiger partial charge on any atom is 0.258 e. The van der Waals surface area contributed by atoms with Gasteiger partial charge in [-0.2, -0.15) is 5.26 Å². The van der Waals surface area contributed by atoms with Gasteiger partial charge in [0.05, 0.1) is 11.3 Å². The summed E-state index contributed by atoms with van der Waals surface area (Å²) in [6, 6.07) is 17.2. The fraction of sp³-hybridized carbons (Fsp3) is 0. The lowest BCUT2D eigenvalue weighted by Gasteiger charge is -2.21. The number of amides is 1. The lowest BCUT2D eigenvalue weighted by molar-refractivity contribution is 0.0963. The minimum atomic E-state index is -0.440. The summed E-state index contributed by atoms with van der Waals surface area (Å²) < 4.78 is 0. The molecule has 0 atom stereocenters. The van der Waals surface area contributed by atoms with Gasteiger partial charge in [-0.3, -0.25) is 9.59 Å². The molecule has 2 N–H and O–H groups in total. The molecule has 106 valence electrons. The van der Waals surface area contributed by atoms with Crippen LogP contribution < -0.4 is 10.6 Å². The lowest BCUT2D eigenvalue weighted by atomic mass is 10.0. The third-order valence-electron chi connectivity index (χ3n) is 3.29. The van der Waals surface area contributed by atoms with E-state index in [0.29, 0.717) is 16.8 Å². The van der Waals surface area contributed by atoms with Gasteiger partial charge in [-0.1, -0.05) is 42.5 Å². The molecule has 0 aliphatic carbocycles. The molecule has 1 amide bonds. The van der Waals surface area contributed by atoms with Crippen molar-refractivity contribution in [1.29, 1.82) is 5.26 Å². The van der Waals surface area contributed by atoms with Crippen LogP contribution in [0.5, 0.6) is 0 Å². The molecular weight excluding hydrogens is 278 g/mol. The predicted octanol–water partition coefficient (Wildman–Crippen LogP) is 2.46. The third kappa shape index (κ3) is 2.34. The summed E-state index contributed by atoms with van der Waals surface area (Å²) in [5.41, 5.74) is 1.29. The minimum Gasteiger partial charge on any atom is -0.340 e. The Hall–Kier alpha value is -3.39. The number of nitrogens with one attached hydrogen (secondary N) is 2. The van der Waals surface area contributed by atoms with E-state index in [1.54, 1.807) is 54.6 Å². The standard InChI is InChI=1S/C17H11N3O2/c18-10-13(15(21)11-6-2-1-3-7-11)16-19-14-9-5-4-8-12(14)17(22)20-16/h1-9,19H,(H,20,22). The van der Waals surface area contributed by atoms with Gasteiger partial charge in [-0.25, -0.2) is 0 Å². The van der Waals surface area contributed by atoms with Gasteiger partial charge in [0, 0.05) is 5.56 Å². The average Bonchev–Trinajstić information content (AvgIpc) is 2.56. The van der Waals surface area contributed by atoms with E-state index < -0.39 is 5.78 Å². The summed E-state index contributed by atoms with van der Waals surface area (Å²) in [7, 11) is 0. The van der Waals surface area contributed by atoms with E-state index in [9.17, 15) is 14.9 Å². The number of para-hydroxylation sites is 1. The van der Waals surface area contributed by atoms with E-state index in [1.165, 1.54) is 0 Å². The molecule has 0 aromatic heterocycles. The molecule has 0 bridgehead atoms. The first-order valence-electron chi connectivity index (χ1n) is 6.62. The maximum absolute atomic E-state index is 12.4. The Labute approximate surface area is 126 Å². The fourth-order valence-electron chi connectivity index (χ4n) is 2.22. The van der Waals surface area contributed by atoms with Gasteiger partial charge in [0.15, 0.2) is 0 Å². The Bertz CT molecular complexity index is 832. The van der Waals surface area contributed by atoms with Gasteiger partial charge in [0.25, 0.3) is 5.91 Å². The quantitative estimate of drug-likeness (QED) is 0.505. The molecule has 5 nitrogen and oxygen atoms in total. The molecule has 3 rings (SSSR count). The van der Waals surface area contributed by atoms with Gasteiger partial charge < -0.3 is 10.6 Å². The zero-order valence-electron chi connectivity index (χ0n) is 11.5. The number of hydrogen-bond donors (Lipinski definition) is 2. The second-order valence-corrected chi connectivity index (χ2v) is 4.68. The van der Waals surface area contributed by atoms with Crippen LogP contribution in [0.15, 0.2) is 66.0 Å². The summed E-state index contributed by atoms with van der Waals surface area (Å²) in [6.07, 6.45) is 0. The number of allylic oxidation sites excluding steroid dienone is 1. The summed E-state index contributed by atoms with van der Waals surface area (Å²) in [5, 5.41) is 14.8. The molecule has 1 heterocycles. The van der Waals surface area contributed by atoms with Gasteiger partial charge in [-0.15, -0.1) is 0 Å². The number of nitriles is 1. The molecule has 0 saturated carbocycles. The first-order valence-corrected chi connectivity index (χ1v) is 6.62. The summed E-state index contributed by atoms with van der Waals surface area (Å²) in [4.78, 5) is 24.5. The fourth-order valence-corrected chi connectivity index (χ4v) is 2.22. The molecular formula is C17H11N3O2. The SMILES string of the molecule is N#CC(C(=O)c1ccccc1)=C1NC(=O)c2ccccc2N1. The number of benzene rings is 2. The number of fused-ring (bicyclic) bond motifs is 1. The Morgan fingerprint density at radius 1 is 0.955 bits per heavy atom. The molecule has 1 aliphatic heterocycles. The van der Waals surface area contributed by atoms with Crippen LogP contribution in [-0.2, 0) is 0 Å². The second kappa shape index (κ2) is 5.54. The van der Waals surface area contributed by atoms with Gasteiger partial charge in [-0.05, 0) is 12.1 Å². The Kier molecular flexibility index (Phi) is 3.42. The van der Waals surface area contributed by atoms with Crippen LogP contribution >= 0.6 is 0 Å². The molecule has 2 aromatic carbocycles. The number of nitrogens with zero attached hydrogens (tertiary/aromatic N) is 1. The monoisotopic (exact) mass is 289 g/mol. The highest BCUT2D eigenvalue weighted by Gasteiger charge is 2.25. The van der Waals surface area contributed by atoms with Crippen molar-refractivity contribution < 1.29 is 9.59 Å². The maximum atomic E-state index is 12.4. The molecule has 0 saturated heterocycles. The predicted molar refractivity (Wildman–Crippen MR) is 80.9 cm³/mol. The third-order valence-corrected chi connectivity index (χ3v) is 3.29. The topological polar surface area (TPSA) is 82.0 Å². The Morgan fingerprint density at radius 3 is 2.36 bits per heavy atom. The zero-order chi connectivity index (χ0) is 15.5. The van der Waals surface area contributed by atoms with Crippen molar-refractivity contribution in [1.82, 2.24) is 5.32 Å². The summed E-state index contributed by atoms with van der Waals surface area (Å²) in [5.74, 6) is -0.678. The number of carbonyl (C=O) groups is 2. The van der Waals surface area contributed by atoms with Gasteiger partial charge in [0.1, 0.15) is 17.5 Å². The second-order valence-electron chi connectivity index (χ2n) is 4.68. The smallest absolute Gasteiger partial charge is 0.258 e. The van der Waals surface area contributed by atoms with Crippen molar-refractivity contribution in [2.75, 3.05) is 5.32 Å². The highest BCUT2D eigenvalue weighted by atomic mass is 16.2. The van der Waals surface area contributed by atoms with Crippen LogP contribution in [0.2, 0.25) is 0 Å². The Morgan fingerprint density at radius 2 is 1.64 bits per heavy atom. The molecule has 0 spiro atoms. The van der Waals surface area contributed by atoms with Crippen LogP contribution in [0, 0.1) is 11.3 Å². The van der Waals surface area contributed by atoms with Crippen LogP contribution in [0.4, 0.5) is 5.69 Å². The molecule has 5 heteroatoms. The van der Waals surface area contributed by atoms with E-state index in [2.05, 4.69) is 10.6 Å². The minimum absolute atomic E-state index is 0.111. The van der Waals surface area contributed by atoms with Crippen molar-refractivity contribution in [3.63, 3.8) is 0 Å². The number of hydrogen-bond acceptors (Lipinski definition) is 4. The number of anilines is 1. The number of carbonyl (C=O) groups excluding carboxylic acids is 2. The van der Waals surface area contributed by atoms with Crippen molar-refractivity contribution in [3.05, 3.63) is 77.1 Å². The molecule has 2 aromatic rings. The highest BCUT2D eigenvalue weighted by Crippen LogP contribution is 2.23. The van der Waals surface area contributed by atoms with Crippen LogP contribution in [0.25, 0.3) is 0 Å².